The first kappa shape index (κ1) is 31.9. The van der Waals surface area contributed by atoms with Crippen molar-refractivity contribution in [2.75, 3.05) is 0 Å². The minimum atomic E-state index is -0.125. The predicted molar refractivity (Wildman–Crippen MR) is 169 cm³/mol. The molecule has 1 radical (unpaired) electrons. The summed E-state index contributed by atoms with van der Waals surface area (Å²) in [6.45, 7) is 13.7. The molecular weight excluding hydrogens is 717 g/mol. The Kier molecular flexibility index (Phi) is 9.68. The molecule has 0 aliphatic carbocycles. The van der Waals surface area contributed by atoms with Gasteiger partial charge in [0.1, 0.15) is 5.76 Å². The molecule has 0 saturated carbocycles. The quantitative estimate of drug-likeness (QED) is 0.107. The van der Waals surface area contributed by atoms with Crippen LogP contribution in [0.5, 0.6) is 0 Å². The maximum Gasteiger partial charge on any atom is 0.217 e. The fourth-order valence-electron chi connectivity index (χ4n) is 4.88. The molecule has 43 heavy (non-hydrogen) atoms. The largest absolute Gasteiger partial charge is 0.512 e. The van der Waals surface area contributed by atoms with Gasteiger partial charge in [-0.1, -0.05) is 56.8 Å². The third-order valence-corrected chi connectivity index (χ3v) is 7.08. The molecule has 0 unspecified atom stereocenters. The predicted octanol–water partition coefficient (Wildman–Crippen LogP) is 9.85. The summed E-state index contributed by atoms with van der Waals surface area (Å²) in [5.41, 5.74) is 8.19. The van der Waals surface area contributed by atoms with Crippen molar-refractivity contribution in [3.8, 4) is 22.6 Å². The minimum Gasteiger partial charge on any atom is -0.512 e. The maximum atomic E-state index is 10.0. The van der Waals surface area contributed by atoms with Gasteiger partial charge in [0.05, 0.1) is 11.3 Å². The van der Waals surface area contributed by atoms with Crippen LogP contribution < -0.4 is 0 Å². The van der Waals surface area contributed by atoms with Gasteiger partial charge >= 0.3 is 0 Å². The second kappa shape index (κ2) is 13.1. The van der Waals surface area contributed by atoms with Gasteiger partial charge in [-0.2, -0.15) is 0 Å². The van der Waals surface area contributed by atoms with Crippen LogP contribution in [0.3, 0.4) is 0 Å². The van der Waals surface area contributed by atoms with Crippen molar-refractivity contribution in [2.45, 2.75) is 60.3 Å². The number of ketones is 1. The fraction of sp³-hybridized carbons (Fsp3) is 0.250. The van der Waals surface area contributed by atoms with Crippen molar-refractivity contribution < 1.29 is 38.8 Å². The number of hydrogen-bond acceptors (Lipinski definition) is 6. The van der Waals surface area contributed by atoms with E-state index >= 15 is 0 Å². The molecule has 7 heteroatoms. The summed E-state index contributed by atoms with van der Waals surface area (Å²) >= 11 is 0. The molecule has 0 saturated heterocycles. The van der Waals surface area contributed by atoms with Gasteiger partial charge in [-0.25, -0.2) is 4.98 Å². The number of aromatic nitrogens is 2. The molecule has 4 heterocycles. The average Bonchev–Trinajstić information content (AvgIpc) is 3.53. The Morgan fingerprint density at radius 2 is 1.56 bits per heavy atom. The van der Waals surface area contributed by atoms with Crippen LogP contribution in [0.2, 0.25) is 0 Å². The van der Waals surface area contributed by atoms with Crippen molar-refractivity contribution in [1.82, 2.24) is 9.97 Å². The number of carbonyl (C=O) groups is 1. The molecule has 0 amide bonds. The van der Waals surface area contributed by atoms with Crippen LogP contribution in [0.15, 0.2) is 81.3 Å². The van der Waals surface area contributed by atoms with E-state index in [2.05, 4.69) is 75.1 Å². The van der Waals surface area contributed by atoms with E-state index in [1.54, 1.807) is 0 Å². The standard InChI is InChI=1S/C31H27N2O2.C5H8O2.Ir/c1-17(2)21-13-22(18(3)4)15-23(14-21)28-16-20-10-12-27(33-30(20)34-28)26-8-6-7-24-25-11-9-19(5)32-31(25)35-29(24)26;1-4(6)3-5(2)7;/h6-7,9-18H,1-5H3;3,6H,1-2H3;/q-1;;/b;4-3-;. The normalized spacial score (nSPS) is 11.7. The molecule has 0 bridgehead atoms. The summed E-state index contributed by atoms with van der Waals surface area (Å²) in [5, 5.41) is 11.3. The Bertz CT molecular complexity index is 1930. The monoisotopic (exact) mass is 752 g/mol. The Balaban J connectivity index is 0.000000475. The number of furan rings is 2. The van der Waals surface area contributed by atoms with Gasteiger partial charge in [0.15, 0.2) is 5.78 Å². The minimum absolute atomic E-state index is 0. The van der Waals surface area contributed by atoms with E-state index in [4.69, 9.17) is 18.9 Å². The summed E-state index contributed by atoms with van der Waals surface area (Å²) in [5.74, 6) is 1.66. The van der Waals surface area contributed by atoms with Crippen LogP contribution >= 0.6 is 0 Å². The van der Waals surface area contributed by atoms with E-state index in [1.807, 2.05) is 31.2 Å². The van der Waals surface area contributed by atoms with Crippen LogP contribution in [0.1, 0.15) is 70.2 Å². The number of benzene rings is 2. The number of aryl methyl sites for hydroxylation is 1. The van der Waals surface area contributed by atoms with E-state index in [9.17, 15) is 4.79 Å². The van der Waals surface area contributed by atoms with Crippen molar-refractivity contribution in [3.05, 3.63) is 95.4 Å². The van der Waals surface area contributed by atoms with E-state index < -0.39 is 0 Å². The molecule has 223 valence electrons. The van der Waals surface area contributed by atoms with Gasteiger partial charge < -0.3 is 13.9 Å². The molecule has 0 aliphatic rings. The van der Waals surface area contributed by atoms with E-state index in [0.29, 0.717) is 23.3 Å². The zero-order chi connectivity index (χ0) is 30.1. The molecular formula is C36H35IrN2O4-. The molecule has 4 aromatic heterocycles. The van der Waals surface area contributed by atoms with Crippen molar-refractivity contribution in [3.63, 3.8) is 0 Å². The number of pyridine rings is 2. The van der Waals surface area contributed by atoms with Gasteiger partial charge in [-0.15, -0.1) is 18.2 Å². The van der Waals surface area contributed by atoms with Gasteiger partial charge in [0, 0.05) is 48.2 Å². The summed E-state index contributed by atoms with van der Waals surface area (Å²) < 4.78 is 12.5. The zero-order valence-electron chi connectivity index (χ0n) is 25.4. The smallest absolute Gasteiger partial charge is 0.217 e. The van der Waals surface area contributed by atoms with Crippen LogP contribution in [-0.4, -0.2) is 20.9 Å². The third-order valence-electron chi connectivity index (χ3n) is 7.08. The summed E-state index contributed by atoms with van der Waals surface area (Å²) in [6, 6.07) is 24.2. The number of allylic oxidation sites excluding steroid dienone is 2. The maximum absolute atomic E-state index is 10.0. The summed E-state index contributed by atoms with van der Waals surface area (Å²) in [6.07, 6.45) is 1.17. The third kappa shape index (κ3) is 6.96. The SMILES string of the molecule is CC(=O)/C=C(/C)O.Cc1ccc2c(n1)oc1c(-c3ccc4cc(-c5cc(C(C)C)cc(C(C)C)c5)oc4n3)[c-]ccc12.[Ir]. The zero-order valence-corrected chi connectivity index (χ0v) is 27.8. The Labute approximate surface area is 265 Å². The van der Waals surface area contributed by atoms with Crippen LogP contribution in [0.4, 0.5) is 0 Å². The first-order chi connectivity index (χ1) is 20.0. The molecule has 2 aromatic carbocycles. The first-order valence-corrected chi connectivity index (χ1v) is 14.1. The van der Waals surface area contributed by atoms with E-state index in [1.165, 1.54) is 31.1 Å². The number of carbonyl (C=O) groups excluding carboxylic acids is 1. The molecule has 0 fully saturated rings. The molecule has 1 N–H and O–H groups in total. The number of rotatable bonds is 5. The second-order valence-corrected chi connectivity index (χ2v) is 11.3. The van der Waals surface area contributed by atoms with Gasteiger partial charge in [-0.05, 0) is 79.8 Å². The molecule has 6 rings (SSSR count). The average molecular weight is 752 g/mol. The Morgan fingerprint density at radius 1 is 0.860 bits per heavy atom. The number of aliphatic hydroxyl groups excluding tert-OH is 1. The van der Waals surface area contributed by atoms with Gasteiger partial charge in [-0.3, -0.25) is 9.78 Å². The number of hydrogen-bond donors (Lipinski definition) is 1. The molecule has 0 atom stereocenters. The van der Waals surface area contributed by atoms with Gasteiger partial charge in [0.2, 0.25) is 11.4 Å². The van der Waals surface area contributed by atoms with Crippen molar-refractivity contribution >= 4 is 39.0 Å². The number of aliphatic hydroxyl groups is 1. The molecule has 0 aliphatic heterocycles. The van der Waals surface area contributed by atoms with Crippen LogP contribution in [0, 0.1) is 13.0 Å². The van der Waals surface area contributed by atoms with Crippen molar-refractivity contribution in [2.24, 2.45) is 0 Å². The fourth-order valence-corrected chi connectivity index (χ4v) is 4.88. The van der Waals surface area contributed by atoms with Crippen molar-refractivity contribution in [1.29, 1.82) is 0 Å². The van der Waals surface area contributed by atoms with Crippen LogP contribution in [-0.2, 0) is 24.9 Å². The van der Waals surface area contributed by atoms with E-state index in [-0.39, 0.29) is 31.6 Å². The molecule has 6 nitrogen and oxygen atoms in total. The molecule has 6 aromatic rings. The number of nitrogens with zero attached hydrogens (tertiary/aromatic N) is 2. The first-order valence-electron chi connectivity index (χ1n) is 14.1. The molecule has 0 spiro atoms. The Hall–Kier alpha value is -4.06. The summed E-state index contributed by atoms with van der Waals surface area (Å²) in [4.78, 5) is 19.4. The Morgan fingerprint density at radius 3 is 2.16 bits per heavy atom. The summed E-state index contributed by atoms with van der Waals surface area (Å²) in [7, 11) is 0. The van der Waals surface area contributed by atoms with Gasteiger partial charge in [0.25, 0.3) is 0 Å². The topological polar surface area (TPSA) is 89.4 Å². The number of fused-ring (bicyclic) bond motifs is 4. The van der Waals surface area contributed by atoms with E-state index in [0.717, 1.165) is 50.0 Å². The van der Waals surface area contributed by atoms with Crippen LogP contribution in [0.25, 0.3) is 55.7 Å². The second-order valence-electron chi connectivity index (χ2n) is 11.3.